The van der Waals surface area contributed by atoms with E-state index in [0.29, 0.717) is 21.4 Å². The molecule has 0 saturated heterocycles. The molecule has 0 spiro atoms. The Hall–Kier alpha value is -2.43. The van der Waals surface area contributed by atoms with Crippen LogP contribution in [0.25, 0.3) is 27.7 Å². The molecule has 1 amide bonds. The molecule has 3 rings (SSSR count). The first kappa shape index (κ1) is 19.3. The summed E-state index contributed by atoms with van der Waals surface area (Å²) in [5, 5.41) is 1.98. The standard InChI is InChI=1S/C21H19Cl2NO3/c1-12(7-21(25)24(2)3)15-9-16-17(11-27-20(16)10-19(15)26-4)14-6-5-13(22)8-18(14)23/h5-11H,1-4H3/b12-7+. The van der Waals surface area contributed by atoms with E-state index in [9.17, 15) is 4.79 Å². The molecule has 140 valence electrons. The number of rotatable bonds is 4. The van der Waals surface area contributed by atoms with Gasteiger partial charge in [0.05, 0.1) is 18.4 Å². The summed E-state index contributed by atoms with van der Waals surface area (Å²) in [6.45, 7) is 1.88. The SMILES string of the molecule is COc1cc2occ(-c3ccc(Cl)cc3Cl)c2cc1/C(C)=C/C(=O)N(C)C. The Labute approximate surface area is 167 Å². The molecule has 3 aromatic rings. The van der Waals surface area contributed by atoms with Gasteiger partial charge in [0.1, 0.15) is 11.3 Å². The molecule has 0 aliphatic carbocycles. The van der Waals surface area contributed by atoms with Gasteiger partial charge < -0.3 is 14.1 Å². The highest BCUT2D eigenvalue weighted by Gasteiger charge is 2.16. The van der Waals surface area contributed by atoms with Gasteiger partial charge >= 0.3 is 0 Å². The Morgan fingerprint density at radius 3 is 2.52 bits per heavy atom. The van der Waals surface area contributed by atoms with Gasteiger partial charge in [-0.15, -0.1) is 0 Å². The monoisotopic (exact) mass is 403 g/mol. The second-order valence-electron chi connectivity index (χ2n) is 6.38. The summed E-state index contributed by atoms with van der Waals surface area (Å²) < 4.78 is 11.2. The molecule has 0 aliphatic heterocycles. The van der Waals surface area contributed by atoms with Crippen LogP contribution in [0.15, 0.2) is 47.1 Å². The Bertz CT molecular complexity index is 1050. The number of amides is 1. The van der Waals surface area contributed by atoms with Crippen molar-refractivity contribution in [3.05, 3.63) is 58.3 Å². The van der Waals surface area contributed by atoms with E-state index in [2.05, 4.69) is 0 Å². The summed E-state index contributed by atoms with van der Waals surface area (Å²) in [6.07, 6.45) is 3.24. The zero-order valence-corrected chi connectivity index (χ0v) is 17.0. The van der Waals surface area contributed by atoms with Crippen molar-refractivity contribution in [2.45, 2.75) is 6.92 Å². The Kier molecular flexibility index (Phi) is 5.49. The van der Waals surface area contributed by atoms with Crippen LogP contribution in [0.2, 0.25) is 10.0 Å². The highest BCUT2D eigenvalue weighted by Crippen LogP contribution is 2.40. The summed E-state index contributed by atoms with van der Waals surface area (Å²) in [4.78, 5) is 13.6. The lowest BCUT2D eigenvalue weighted by atomic mass is 9.99. The number of halogens is 2. The summed E-state index contributed by atoms with van der Waals surface area (Å²) in [5.74, 6) is 0.536. The number of carbonyl (C=O) groups is 1. The van der Waals surface area contributed by atoms with E-state index < -0.39 is 0 Å². The maximum absolute atomic E-state index is 12.1. The quantitative estimate of drug-likeness (QED) is 0.508. The van der Waals surface area contributed by atoms with Crippen LogP contribution in [0.4, 0.5) is 0 Å². The maximum Gasteiger partial charge on any atom is 0.246 e. The van der Waals surface area contributed by atoms with Crippen LogP contribution in [0.3, 0.4) is 0 Å². The molecule has 1 heterocycles. The summed E-state index contributed by atoms with van der Waals surface area (Å²) in [7, 11) is 5.01. The molecule has 27 heavy (non-hydrogen) atoms. The fraction of sp³-hybridized carbons (Fsp3) is 0.190. The van der Waals surface area contributed by atoms with Crippen molar-refractivity contribution in [2.24, 2.45) is 0 Å². The van der Waals surface area contributed by atoms with E-state index in [4.69, 9.17) is 32.4 Å². The third-order valence-corrected chi connectivity index (χ3v) is 4.87. The highest BCUT2D eigenvalue weighted by molar-refractivity contribution is 6.36. The summed E-state index contributed by atoms with van der Waals surface area (Å²) >= 11 is 12.4. The first-order chi connectivity index (χ1) is 12.8. The van der Waals surface area contributed by atoms with Crippen LogP contribution < -0.4 is 4.74 Å². The molecule has 0 atom stereocenters. The third-order valence-electron chi connectivity index (χ3n) is 4.32. The molecule has 0 aliphatic rings. The number of likely N-dealkylation sites (N-methyl/N-ethyl adjacent to an activating group) is 1. The Balaban J connectivity index is 2.19. The average molecular weight is 404 g/mol. The van der Waals surface area contributed by atoms with Gasteiger partial charge in [-0.25, -0.2) is 0 Å². The van der Waals surface area contributed by atoms with E-state index in [1.54, 1.807) is 45.7 Å². The molecule has 6 heteroatoms. The van der Waals surface area contributed by atoms with Crippen LogP contribution in [-0.4, -0.2) is 32.0 Å². The molecule has 0 radical (unpaired) electrons. The summed E-state index contributed by atoms with van der Waals surface area (Å²) in [5.41, 5.74) is 3.95. The zero-order valence-electron chi connectivity index (χ0n) is 15.5. The summed E-state index contributed by atoms with van der Waals surface area (Å²) in [6, 6.07) is 9.11. The van der Waals surface area contributed by atoms with E-state index >= 15 is 0 Å². The number of methoxy groups -OCH3 is 1. The molecule has 0 saturated carbocycles. The number of benzene rings is 2. The highest BCUT2D eigenvalue weighted by atomic mass is 35.5. The average Bonchev–Trinajstić information content (AvgIpc) is 3.03. The third kappa shape index (κ3) is 3.82. The predicted molar refractivity (Wildman–Crippen MR) is 111 cm³/mol. The van der Waals surface area contributed by atoms with Crippen molar-refractivity contribution < 1.29 is 13.9 Å². The lowest BCUT2D eigenvalue weighted by molar-refractivity contribution is -0.123. The Morgan fingerprint density at radius 1 is 1.15 bits per heavy atom. The van der Waals surface area contributed by atoms with Crippen LogP contribution >= 0.6 is 23.2 Å². The van der Waals surface area contributed by atoms with E-state index in [-0.39, 0.29) is 5.91 Å². The van der Waals surface area contributed by atoms with Crippen molar-refractivity contribution >= 4 is 45.7 Å². The topological polar surface area (TPSA) is 42.7 Å². The zero-order chi connectivity index (χ0) is 19.7. The lowest BCUT2D eigenvalue weighted by Crippen LogP contribution is -2.19. The van der Waals surface area contributed by atoms with Crippen LogP contribution in [0, 0.1) is 0 Å². The van der Waals surface area contributed by atoms with Crippen LogP contribution in [0.1, 0.15) is 12.5 Å². The van der Waals surface area contributed by atoms with Gasteiger partial charge in [0.2, 0.25) is 5.91 Å². The normalized spacial score (nSPS) is 11.7. The number of ether oxygens (including phenoxy) is 1. The molecule has 0 N–H and O–H groups in total. The number of furan rings is 1. The van der Waals surface area contributed by atoms with Gasteiger partial charge in [0.15, 0.2) is 0 Å². The molecular weight excluding hydrogens is 385 g/mol. The molecule has 1 aromatic heterocycles. The van der Waals surface area contributed by atoms with Crippen LogP contribution in [-0.2, 0) is 4.79 Å². The molecule has 0 fully saturated rings. The smallest absolute Gasteiger partial charge is 0.246 e. The van der Waals surface area contributed by atoms with Crippen molar-refractivity contribution in [1.29, 1.82) is 0 Å². The van der Waals surface area contributed by atoms with Crippen molar-refractivity contribution in [2.75, 3.05) is 21.2 Å². The molecule has 0 unspecified atom stereocenters. The largest absolute Gasteiger partial charge is 0.496 e. The number of hydrogen-bond acceptors (Lipinski definition) is 3. The molecule has 4 nitrogen and oxygen atoms in total. The fourth-order valence-corrected chi connectivity index (χ4v) is 3.35. The van der Waals surface area contributed by atoms with Crippen molar-refractivity contribution in [1.82, 2.24) is 4.90 Å². The Morgan fingerprint density at radius 2 is 1.89 bits per heavy atom. The van der Waals surface area contributed by atoms with Gasteiger partial charge in [0.25, 0.3) is 0 Å². The predicted octanol–water partition coefficient (Wildman–Crippen LogP) is 5.91. The van der Waals surface area contributed by atoms with Crippen molar-refractivity contribution in [3.63, 3.8) is 0 Å². The van der Waals surface area contributed by atoms with Crippen LogP contribution in [0.5, 0.6) is 5.75 Å². The number of fused-ring (bicyclic) bond motifs is 1. The molecular formula is C21H19Cl2NO3. The maximum atomic E-state index is 12.1. The van der Waals surface area contributed by atoms with Crippen molar-refractivity contribution in [3.8, 4) is 16.9 Å². The van der Waals surface area contributed by atoms with Gasteiger partial charge in [-0.1, -0.05) is 29.3 Å². The second-order valence-corrected chi connectivity index (χ2v) is 7.23. The first-order valence-electron chi connectivity index (χ1n) is 8.26. The molecule has 2 aromatic carbocycles. The fourth-order valence-electron chi connectivity index (χ4n) is 2.84. The van der Waals surface area contributed by atoms with E-state index in [1.165, 1.54) is 4.90 Å². The second kappa shape index (κ2) is 7.67. The van der Waals surface area contributed by atoms with Gasteiger partial charge in [-0.05, 0) is 30.7 Å². The number of nitrogens with zero attached hydrogens (tertiary/aromatic N) is 1. The van der Waals surface area contributed by atoms with Gasteiger partial charge in [0, 0.05) is 53.3 Å². The minimum atomic E-state index is -0.0946. The number of carbonyl (C=O) groups excluding carboxylic acids is 1. The number of allylic oxidation sites excluding steroid dienone is 1. The van der Waals surface area contributed by atoms with E-state index in [0.717, 1.165) is 27.6 Å². The van der Waals surface area contributed by atoms with E-state index in [1.807, 2.05) is 25.1 Å². The minimum absolute atomic E-state index is 0.0946. The van der Waals surface area contributed by atoms with Gasteiger partial charge in [-0.3, -0.25) is 4.79 Å². The lowest BCUT2D eigenvalue weighted by Gasteiger charge is -2.12. The first-order valence-corrected chi connectivity index (χ1v) is 9.02. The minimum Gasteiger partial charge on any atom is -0.496 e. The molecule has 0 bridgehead atoms. The van der Waals surface area contributed by atoms with Gasteiger partial charge in [-0.2, -0.15) is 0 Å². The number of hydrogen-bond donors (Lipinski definition) is 0.